The first-order valence-electron chi connectivity index (χ1n) is 5.06. The van der Waals surface area contributed by atoms with Crippen molar-refractivity contribution in [3.05, 3.63) is 54.7 Å². The highest BCUT2D eigenvalue weighted by molar-refractivity contribution is 6.05. The molecule has 0 spiro atoms. The molecule has 0 aliphatic rings. The summed E-state index contributed by atoms with van der Waals surface area (Å²) in [6.07, 6.45) is 3.34. The molecule has 0 saturated carbocycles. The molecule has 0 atom stereocenters. The van der Waals surface area contributed by atoms with Crippen LogP contribution in [0.2, 0.25) is 0 Å². The Morgan fingerprint density at radius 3 is 3.00 bits per heavy atom. The second kappa shape index (κ2) is 4.57. The Balaban J connectivity index is 2.44. The van der Waals surface area contributed by atoms with Gasteiger partial charge in [-0.1, -0.05) is 24.3 Å². The predicted octanol–water partition coefficient (Wildman–Crippen LogP) is 2.15. The minimum Gasteiger partial charge on any atom is -0.349 e. The molecule has 1 aromatic carbocycles. The van der Waals surface area contributed by atoms with Crippen LogP contribution >= 0.6 is 0 Å². The molecule has 0 fully saturated rings. The number of hydrogen-bond donors (Lipinski definition) is 1. The van der Waals surface area contributed by atoms with Crippen LogP contribution in [0.4, 0.5) is 0 Å². The normalized spacial score (nSPS) is 10.0. The van der Waals surface area contributed by atoms with Gasteiger partial charge in [-0.15, -0.1) is 6.58 Å². The topological polar surface area (TPSA) is 42.0 Å². The predicted molar refractivity (Wildman–Crippen MR) is 64.3 cm³/mol. The molecule has 80 valence electrons. The molecule has 0 aliphatic carbocycles. The number of nitrogens with one attached hydrogen (secondary N) is 1. The summed E-state index contributed by atoms with van der Waals surface area (Å²) in [6.45, 7) is 4.02. The number of nitrogens with zero attached hydrogens (tertiary/aromatic N) is 1. The van der Waals surface area contributed by atoms with E-state index < -0.39 is 0 Å². The molecule has 1 N–H and O–H groups in total. The minimum absolute atomic E-state index is 0.121. The van der Waals surface area contributed by atoms with Gasteiger partial charge in [0.15, 0.2) is 0 Å². The Labute approximate surface area is 93.8 Å². The van der Waals surface area contributed by atoms with Crippen LogP contribution in [0.5, 0.6) is 0 Å². The molecule has 2 aromatic rings. The Bertz CT molecular complexity index is 529. The summed E-state index contributed by atoms with van der Waals surface area (Å²) in [6, 6.07) is 9.35. The van der Waals surface area contributed by atoms with Crippen LogP contribution < -0.4 is 5.32 Å². The first-order chi connectivity index (χ1) is 7.83. The molecule has 0 bridgehead atoms. The van der Waals surface area contributed by atoms with E-state index in [-0.39, 0.29) is 5.91 Å². The number of hydrogen-bond acceptors (Lipinski definition) is 2. The van der Waals surface area contributed by atoms with Gasteiger partial charge in [-0.25, -0.2) is 0 Å². The Hall–Kier alpha value is -2.16. The molecule has 2 rings (SSSR count). The number of pyridine rings is 1. The number of benzene rings is 1. The maximum Gasteiger partial charge on any atom is 0.253 e. The lowest BCUT2D eigenvalue weighted by Crippen LogP contribution is -2.23. The number of amides is 1. The molecule has 16 heavy (non-hydrogen) atoms. The van der Waals surface area contributed by atoms with E-state index in [0.29, 0.717) is 12.1 Å². The summed E-state index contributed by atoms with van der Waals surface area (Å²) >= 11 is 0. The van der Waals surface area contributed by atoms with Gasteiger partial charge in [-0.2, -0.15) is 0 Å². The maximum absolute atomic E-state index is 11.8. The fraction of sp³-hybridized carbons (Fsp3) is 0.0769. The average Bonchev–Trinajstić information content (AvgIpc) is 2.35. The first-order valence-corrected chi connectivity index (χ1v) is 5.06. The van der Waals surface area contributed by atoms with Crippen molar-refractivity contribution in [2.75, 3.05) is 6.54 Å². The molecular formula is C13H12N2O. The van der Waals surface area contributed by atoms with Crippen molar-refractivity contribution in [3.8, 4) is 0 Å². The number of para-hydroxylation sites is 1. The molecular weight excluding hydrogens is 200 g/mol. The molecule has 3 heteroatoms. The van der Waals surface area contributed by atoms with Crippen LogP contribution in [0.1, 0.15) is 10.4 Å². The van der Waals surface area contributed by atoms with Crippen LogP contribution in [0.3, 0.4) is 0 Å². The lowest BCUT2D eigenvalue weighted by Gasteiger charge is -2.05. The largest absolute Gasteiger partial charge is 0.349 e. The van der Waals surface area contributed by atoms with Gasteiger partial charge in [0.05, 0.1) is 11.1 Å². The van der Waals surface area contributed by atoms with Gasteiger partial charge in [-0.05, 0) is 12.1 Å². The van der Waals surface area contributed by atoms with Gasteiger partial charge in [-0.3, -0.25) is 9.78 Å². The SMILES string of the molecule is C=CCNC(=O)c1cccc2cccnc12. The average molecular weight is 212 g/mol. The summed E-state index contributed by atoms with van der Waals surface area (Å²) in [4.78, 5) is 16.0. The summed E-state index contributed by atoms with van der Waals surface area (Å²) in [7, 11) is 0. The molecule has 0 saturated heterocycles. The highest BCUT2D eigenvalue weighted by Gasteiger charge is 2.08. The monoisotopic (exact) mass is 212 g/mol. The molecule has 3 nitrogen and oxygen atoms in total. The number of carbonyl (C=O) groups excluding carboxylic acids is 1. The quantitative estimate of drug-likeness (QED) is 0.792. The highest BCUT2D eigenvalue weighted by atomic mass is 16.1. The summed E-state index contributed by atoms with van der Waals surface area (Å²) < 4.78 is 0. The van der Waals surface area contributed by atoms with E-state index in [0.717, 1.165) is 10.9 Å². The summed E-state index contributed by atoms with van der Waals surface area (Å²) in [5.41, 5.74) is 1.33. The van der Waals surface area contributed by atoms with Crippen molar-refractivity contribution in [2.24, 2.45) is 0 Å². The summed E-state index contributed by atoms with van der Waals surface area (Å²) in [5, 5.41) is 3.71. The molecule has 0 radical (unpaired) electrons. The van der Waals surface area contributed by atoms with Crippen LogP contribution in [0.25, 0.3) is 10.9 Å². The van der Waals surface area contributed by atoms with Crippen LogP contribution in [0, 0.1) is 0 Å². The maximum atomic E-state index is 11.8. The van der Waals surface area contributed by atoms with Gasteiger partial charge in [0.1, 0.15) is 0 Å². The Morgan fingerprint density at radius 1 is 1.38 bits per heavy atom. The smallest absolute Gasteiger partial charge is 0.253 e. The van der Waals surface area contributed by atoms with Gasteiger partial charge >= 0.3 is 0 Å². The van der Waals surface area contributed by atoms with Gasteiger partial charge in [0.25, 0.3) is 5.91 Å². The van der Waals surface area contributed by atoms with Gasteiger partial charge < -0.3 is 5.32 Å². The van der Waals surface area contributed by atoms with Crippen molar-refractivity contribution in [1.82, 2.24) is 10.3 Å². The number of fused-ring (bicyclic) bond motifs is 1. The molecule has 1 amide bonds. The van der Waals surface area contributed by atoms with E-state index in [1.54, 1.807) is 18.3 Å². The second-order valence-corrected chi connectivity index (χ2v) is 3.38. The van der Waals surface area contributed by atoms with E-state index >= 15 is 0 Å². The van der Waals surface area contributed by atoms with Crippen molar-refractivity contribution in [2.45, 2.75) is 0 Å². The summed E-state index contributed by atoms with van der Waals surface area (Å²) in [5.74, 6) is -0.121. The van der Waals surface area contributed by atoms with Gasteiger partial charge in [0.2, 0.25) is 0 Å². The van der Waals surface area contributed by atoms with Crippen LogP contribution in [-0.4, -0.2) is 17.4 Å². The van der Waals surface area contributed by atoms with Gasteiger partial charge in [0, 0.05) is 18.1 Å². The van der Waals surface area contributed by atoms with E-state index in [9.17, 15) is 4.79 Å². The molecule has 1 heterocycles. The molecule has 0 unspecified atom stereocenters. The van der Waals surface area contributed by atoms with Crippen molar-refractivity contribution in [1.29, 1.82) is 0 Å². The van der Waals surface area contributed by atoms with E-state index in [1.165, 1.54) is 0 Å². The Kier molecular flexibility index (Phi) is 2.96. The highest BCUT2D eigenvalue weighted by Crippen LogP contribution is 2.15. The lowest BCUT2D eigenvalue weighted by atomic mass is 10.1. The Morgan fingerprint density at radius 2 is 2.19 bits per heavy atom. The first kappa shape index (κ1) is 10.4. The zero-order chi connectivity index (χ0) is 11.4. The van der Waals surface area contributed by atoms with E-state index in [1.807, 2.05) is 24.3 Å². The number of aromatic nitrogens is 1. The number of carbonyl (C=O) groups is 1. The van der Waals surface area contributed by atoms with Crippen LogP contribution in [-0.2, 0) is 0 Å². The third-order valence-corrected chi connectivity index (χ3v) is 2.28. The third-order valence-electron chi connectivity index (χ3n) is 2.28. The second-order valence-electron chi connectivity index (χ2n) is 3.38. The fourth-order valence-corrected chi connectivity index (χ4v) is 1.55. The van der Waals surface area contributed by atoms with E-state index in [2.05, 4.69) is 16.9 Å². The fourth-order valence-electron chi connectivity index (χ4n) is 1.55. The van der Waals surface area contributed by atoms with Crippen molar-refractivity contribution < 1.29 is 4.79 Å². The third kappa shape index (κ3) is 1.93. The zero-order valence-electron chi connectivity index (χ0n) is 8.81. The minimum atomic E-state index is -0.121. The van der Waals surface area contributed by atoms with Crippen LogP contribution in [0.15, 0.2) is 49.2 Å². The molecule has 0 aliphatic heterocycles. The van der Waals surface area contributed by atoms with Crippen molar-refractivity contribution >= 4 is 16.8 Å². The lowest BCUT2D eigenvalue weighted by molar-refractivity contribution is 0.0959. The van der Waals surface area contributed by atoms with Crippen molar-refractivity contribution in [3.63, 3.8) is 0 Å². The number of rotatable bonds is 3. The van der Waals surface area contributed by atoms with E-state index in [4.69, 9.17) is 0 Å². The standard InChI is InChI=1S/C13H12N2O/c1-2-8-15-13(16)11-7-3-5-10-6-4-9-14-12(10)11/h2-7,9H,1,8H2,(H,15,16). The zero-order valence-corrected chi connectivity index (χ0v) is 8.81. The molecule has 1 aromatic heterocycles.